The smallest absolute Gasteiger partial charge is 0.329 e. The first-order valence-electron chi connectivity index (χ1n) is 18.5. The predicted molar refractivity (Wildman–Crippen MR) is 211 cm³/mol. The van der Waals surface area contributed by atoms with Gasteiger partial charge in [0.15, 0.2) is 12.0 Å². The number of amides is 4. The maximum Gasteiger partial charge on any atom is 0.329 e. The van der Waals surface area contributed by atoms with E-state index in [0.717, 1.165) is 22.0 Å². The number of carboxylic acids is 1. The number of nitrogens with one attached hydrogen (secondary N) is 5. The van der Waals surface area contributed by atoms with Gasteiger partial charge in [-0.25, -0.2) is 4.79 Å². The van der Waals surface area contributed by atoms with E-state index in [2.05, 4.69) is 31.2 Å². The zero-order chi connectivity index (χ0) is 41.3. The number of aromatic nitrogens is 1. The number of nitrogens with two attached hydrogens (primary N) is 2. The molecule has 0 bridgehead atoms. The van der Waals surface area contributed by atoms with E-state index in [9.17, 15) is 44.4 Å². The third kappa shape index (κ3) is 13.7. The van der Waals surface area contributed by atoms with Crippen LogP contribution in [0, 0.1) is 0 Å². The lowest BCUT2D eigenvalue weighted by Gasteiger charge is -2.26. The number of para-hydroxylation sites is 1. The highest BCUT2D eigenvalue weighted by atomic mass is 16.4. The molecule has 0 aliphatic rings. The monoisotopic (exact) mass is 786 g/mol. The third-order valence-electron chi connectivity index (χ3n) is 9.16. The summed E-state index contributed by atoms with van der Waals surface area (Å²) in [5.41, 5.74) is 13.4. The number of aliphatic imine (C=N–C) groups is 1. The Balaban J connectivity index is 1.43. The molecule has 17 heteroatoms. The number of benzene rings is 3. The summed E-state index contributed by atoms with van der Waals surface area (Å²) in [5, 5.41) is 53.4. The molecule has 6 atom stereocenters. The molecule has 6 unspecified atom stereocenters. The maximum absolute atomic E-state index is 13.5. The number of aliphatic hydroxyl groups excluding tert-OH is 3. The quantitative estimate of drug-likeness (QED) is 0.0284. The molecule has 304 valence electrons. The molecular weight excluding hydrogens is 736 g/mol. The molecule has 0 aliphatic carbocycles. The summed E-state index contributed by atoms with van der Waals surface area (Å²) in [6.45, 7) is -0.0232. The number of carbonyl (C=O) groups excluding carboxylic acids is 4. The number of hydrogen-bond donors (Lipinski definition) is 11. The van der Waals surface area contributed by atoms with Gasteiger partial charge < -0.3 is 58.1 Å². The molecule has 0 radical (unpaired) electrons. The number of carbonyl (C=O) groups is 5. The molecular formula is C40H50N8O9. The molecule has 17 nitrogen and oxygen atoms in total. The molecule has 0 spiro atoms. The van der Waals surface area contributed by atoms with E-state index >= 15 is 0 Å². The summed E-state index contributed by atoms with van der Waals surface area (Å²) < 4.78 is 0. The van der Waals surface area contributed by atoms with E-state index in [-0.39, 0.29) is 56.7 Å². The fourth-order valence-electron chi connectivity index (χ4n) is 6.18. The Morgan fingerprint density at radius 2 is 1.44 bits per heavy atom. The Bertz CT molecular complexity index is 1970. The van der Waals surface area contributed by atoms with Crippen molar-refractivity contribution in [3.8, 4) is 0 Å². The number of nitrogens with zero attached hydrogens (tertiary/aromatic N) is 1. The van der Waals surface area contributed by atoms with Crippen LogP contribution in [0.25, 0.3) is 10.9 Å². The SMILES string of the molecule is NC(N)=NCCCC(NC(=O)CC(O)C(Cc1c[nH]c2ccccc12)NC(=O)CCNC(=O)C(O)Cc1ccccc1)C(=O)NC(C(=O)O)C(O)c1ccccc1. The predicted octanol–water partition coefficient (Wildman–Crippen LogP) is -0.102. The first-order valence-corrected chi connectivity index (χ1v) is 18.5. The van der Waals surface area contributed by atoms with E-state index in [1.807, 2.05) is 30.3 Å². The van der Waals surface area contributed by atoms with Crippen molar-refractivity contribution in [2.24, 2.45) is 16.5 Å². The molecule has 0 saturated carbocycles. The highest BCUT2D eigenvalue weighted by molar-refractivity contribution is 5.91. The summed E-state index contributed by atoms with van der Waals surface area (Å²) in [5.74, 6) is -4.61. The molecule has 0 aliphatic heterocycles. The van der Waals surface area contributed by atoms with E-state index in [4.69, 9.17) is 11.5 Å². The topological polar surface area (TPSA) is 295 Å². The summed E-state index contributed by atoms with van der Waals surface area (Å²) in [6, 6.07) is 20.1. The van der Waals surface area contributed by atoms with Crippen LogP contribution in [0.5, 0.6) is 0 Å². The lowest BCUT2D eigenvalue weighted by Crippen LogP contribution is -2.54. The van der Waals surface area contributed by atoms with Crippen LogP contribution in [-0.2, 0) is 36.8 Å². The van der Waals surface area contributed by atoms with Gasteiger partial charge in [-0.3, -0.25) is 24.2 Å². The van der Waals surface area contributed by atoms with Gasteiger partial charge in [-0.05, 0) is 42.0 Å². The molecule has 57 heavy (non-hydrogen) atoms. The second kappa shape index (κ2) is 21.7. The van der Waals surface area contributed by atoms with Gasteiger partial charge in [-0.15, -0.1) is 0 Å². The van der Waals surface area contributed by atoms with Crippen molar-refractivity contribution in [3.05, 3.63) is 108 Å². The van der Waals surface area contributed by atoms with Crippen LogP contribution < -0.4 is 32.7 Å². The molecule has 4 rings (SSSR count). The molecule has 0 saturated heterocycles. The van der Waals surface area contributed by atoms with Crippen LogP contribution in [0.4, 0.5) is 0 Å². The zero-order valence-corrected chi connectivity index (χ0v) is 31.2. The van der Waals surface area contributed by atoms with Crippen molar-refractivity contribution >= 4 is 46.5 Å². The van der Waals surface area contributed by atoms with E-state index < -0.39 is 72.5 Å². The van der Waals surface area contributed by atoms with Crippen molar-refractivity contribution in [1.82, 2.24) is 26.3 Å². The Morgan fingerprint density at radius 3 is 2.12 bits per heavy atom. The van der Waals surface area contributed by atoms with E-state index in [1.165, 1.54) is 12.1 Å². The average Bonchev–Trinajstić information content (AvgIpc) is 3.60. The van der Waals surface area contributed by atoms with Crippen molar-refractivity contribution < 1.29 is 44.4 Å². The maximum atomic E-state index is 13.5. The molecule has 3 aromatic carbocycles. The molecule has 0 fully saturated rings. The van der Waals surface area contributed by atoms with Gasteiger partial charge in [0.25, 0.3) is 0 Å². The second-order valence-electron chi connectivity index (χ2n) is 13.5. The number of aliphatic carboxylic acids is 1. The van der Waals surface area contributed by atoms with Crippen molar-refractivity contribution in [2.45, 2.75) is 75.0 Å². The molecule has 1 aromatic heterocycles. The third-order valence-corrected chi connectivity index (χ3v) is 9.16. The molecule has 1 heterocycles. The highest BCUT2D eigenvalue weighted by Gasteiger charge is 2.33. The average molecular weight is 787 g/mol. The fraction of sp³-hybridized carbons (Fsp3) is 0.350. The Morgan fingerprint density at radius 1 is 0.772 bits per heavy atom. The number of aromatic amines is 1. The van der Waals surface area contributed by atoms with Gasteiger partial charge in [0.05, 0.1) is 18.6 Å². The van der Waals surface area contributed by atoms with Gasteiger partial charge >= 0.3 is 5.97 Å². The number of aliphatic hydroxyl groups is 3. The van der Waals surface area contributed by atoms with Crippen LogP contribution in [0.1, 0.15) is 48.5 Å². The lowest BCUT2D eigenvalue weighted by molar-refractivity contribution is -0.145. The van der Waals surface area contributed by atoms with Crippen LogP contribution in [0.3, 0.4) is 0 Å². The van der Waals surface area contributed by atoms with Crippen LogP contribution in [0.2, 0.25) is 0 Å². The van der Waals surface area contributed by atoms with Gasteiger partial charge in [-0.1, -0.05) is 78.9 Å². The van der Waals surface area contributed by atoms with Crippen LogP contribution >= 0.6 is 0 Å². The summed E-state index contributed by atoms with van der Waals surface area (Å²) in [6.07, 6.45) is -3.16. The summed E-state index contributed by atoms with van der Waals surface area (Å²) >= 11 is 0. The number of hydrogen-bond acceptors (Lipinski definition) is 9. The zero-order valence-electron chi connectivity index (χ0n) is 31.2. The van der Waals surface area contributed by atoms with E-state index in [0.29, 0.717) is 0 Å². The molecule has 13 N–H and O–H groups in total. The number of fused-ring (bicyclic) bond motifs is 1. The highest BCUT2D eigenvalue weighted by Crippen LogP contribution is 2.21. The Kier molecular flexibility index (Phi) is 16.5. The first-order chi connectivity index (χ1) is 27.3. The standard InChI is InChI=1S/C40H50N8O9/c41-40(42)44-18-9-16-29(37(54)48-35(39(56)57)36(53)25-12-5-2-6-13-25)46-34(52)22-31(49)30(21-26-23-45-28-15-8-7-14-27(26)28)47-33(51)17-19-43-38(55)32(50)20-24-10-3-1-4-11-24/h1-8,10-15,23,29-32,35-36,45,49-50,53H,9,16-22H2,(H,43,55)(H,46,52)(H,47,51)(H,48,54)(H,56,57)(H4,41,42,44). The minimum Gasteiger partial charge on any atom is -0.480 e. The fourth-order valence-corrected chi connectivity index (χ4v) is 6.18. The molecule has 4 aromatic rings. The summed E-state index contributed by atoms with van der Waals surface area (Å²) in [4.78, 5) is 71.7. The minimum absolute atomic E-state index is 0.0422. The van der Waals surface area contributed by atoms with Crippen molar-refractivity contribution in [2.75, 3.05) is 13.1 Å². The number of guanidine groups is 1. The first kappa shape index (κ1) is 43.4. The largest absolute Gasteiger partial charge is 0.480 e. The summed E-state index contributed by atoms with van der Waals surface area (Å²) in [7, 11) is 0. The van der Waals surface area contributed by atoms with Crippen molar-refractivity contribution in [1.29, 1.82) is 0 Å². The van der Waals surface area contributed by atoms with Crippen LogP contribution in [0.15, 0.2) is 96.1 Å². The Labute approximate surface area is 328 Å². The van der Waals surface area contributed by atoms with Gasteiger partial charge in [0.2, 0.25) is 23.6 Å². The normalized spacial score (nSPS) is 14.2. The Hall–Kier alpha value is -6.30. The van der Waals surface area contributed by atoms with Crippen molar-refractivity contribution in [3.63, 3.8) is 0 Å². The van der Waals surface area contributed by atoms with Gasteiger partial charge in [0, 0.05) is 43.0 Å². The number of H-pyrrole nitrogens is 1. The lowest BCUT2D eigenvalue weighted by atomic mass is 9.98. The van der Waals surface area contributed by atoms with Gasteiger partial charge in [0.1, 0.15) is 18.2 Å². The van der Waals surface area contributed by atoms with E-state index in [1.54, 1.807) is 48.7 Å². The van der Waals surface area contributed by atoms with Crippen LogP contribution in [-0.4, -0.2) is 104 Å². The number of rotatable bonds is 22. The minimum atomic E-state index is -1.77. The number of carboxylic acid groups (broad SMARTS) is 1. The second-order valence-corrected chi connectivity index (χ2v) is 13.5. The molecule has 4 amide bonds. The van der Waals surface area contributed by atoms with Gasteiger partial charge in [-0.2, -0.15) is 0 Å².